The van der Waals surface area contributed by atoms with Crippen LogP contribution in [0, 0.1) is 0 Å². The van der Waals surface area contributed by atoms with Gasteiger partial charge in [-0.3, -0.25) is 9.59 Å². The number of carbonyl (C=O) groups is 2. The van der Waals surface area contributed by atoms with Crippen LogP contribution >= 0.6 is 11.6 Å². The molecule has 0 unspecified atom stereocenters. The summed E-state index contributed by atoms with van der Waals surface area (Å²) in [5.74, 6) is -0.724. The SMILES string of the molecule is O=C(Nc1ccc(Cl)cc1C(=O)c1ccccc1)c1ccc(S(=O)(=O)N2CCCCC2)cc1. The summed E-state index contributed by atoms with van der Waals surface area (Å²) in [6, 6.07) is 19.2. The predicted molar refractivity (Wildman–Crippen MR) is 128 cm³/mol. The van der Waals surface area contributed by atoms with Gasteiger partial charge in [-0.25, -0.2) is 8.42 Å². The topological polar surface area (TPSA) is 83.5 Å². The van der Waals surface area contributed by atoms with Gasteiger partial charge in [0.2, 0.25) is 10.0 Å². The minimum Gasteiger partial charge on any atom is -0.321 e. The maximum absolute atomic E-state index is 13.0. The van der Waals surface area contributed by atoms with Crippen LogP contribution in [0.2, 0.25) is 5.02 Å². The van der Waals surface area contributed by atoms with Crippen LogP contribution in [0.15, 0.2) is 77.7 Å². The summed E-state index contributed by atoms with van der Waals surface area (Å²) in [5.41, 5.74) is 1.35. The van der Waals surface area contributed by atoms with Gasteiger partial charge in [0.15, 0.2) is 5.78 Å². The fourth-order valence-electron chi connectivity index (χ4n) is 3.79. The first kappa shape index (κ1) is 23.2. The number of amides is 1. The maximum atomic E-state index is 13.0. The third-order valence-electron chi connectivity index (χ3n) is 5.58. The third-order valence-corrected chi connectivity index (χ3v) is 7.73. The normalized spacial score (nSPS) is 14.6. The van der Waals surface area contributed by atoms with E-state index in [0.717, 1.165) is 19.3 Å². The average molecular weight is 483 g/mol. The fourth-order valence-corrected chi connectivity index (χ4v) is 5.47. The Morgan fingerprint density at radius 1 is 0.818 bits per heavy atom. The molecule has 1 N–H and O–H groups in total. The lowest BCUT2D eigenvalue weighted by Crippen LogP contribution is -2.35. The first-order valence-electron chi connectivity index (χ1n) is 10.7. The Morgan fingerprint density at radius 2 is 1.48 bits per heavy atom. The lowest BCUT2D eigenvalue weighted by atomic mass is 10.0. The van der Waals surface area contributed by atoms with Crippen molar-refractivity contribution in [3.8, 4) is 0 Å². The highest BCUT2D eigenvalue weighted by Gasteiger charge is 2.26. The number of nitrogens with one attached hydrogen (secondary N) is 1. The molecule has 0 aromatic heterocycles. The van der Waals surface area contributed by atoms with Crippen molar-refractivity contribution < 1.29 is 18.0 Å². The molecule has 0 spiro atoms. The average Bonchev–Trinajstić information content (AvgIpc) is 2.85. The van der Waals surface area contributed by atoms with E-state index in [1.165, 1.54) is 34.6 Å². The molecule has 1 fully saturated rings. The number of hydrogen-bond donors (Lipinski definition) is 1. The summed E-state index contributed by atoms with van der Waals surface area (Å²) >= 11 is 6.10. The maximum Gasteiger partial charge on any atom is 0.255 e. The number of benzene rings is 3. The lowest BCUT2D eigenvalue weighted by molar-refractivity contribution is 0.102. The number of ketones is 1. The molecule has 1 amide bonds. The van der Waals surface area contributed by atoms with E-state index in [4.69, 9.17) is 11.6 Å². The van der Waals surface area contributed by atoms with Crippen LogP contribution in [0.3, 0.4) is 0 Å². The van der Waals surface area contributed by atoms with Crippen molar-refractivity contribution in [1.29, 1.82) is 0 Å². The summed E-state index contributed by atoms with van der Waals surface area (Å²) in [5, 5.41) is 3.12. The molecular weight excluding hydrogens is 460 g/mol. The third kappa shape index (κ3) is 5.16. The van der Waals surface area contributed by atoms with Crippen LogP contribution in [0.1, 0.15) is 45.5 Å². The summed E-state index contributed by atoms with van der Waals surface area (Å²) in [6.45, 7) is 1.03. The van der Waals surface area contributed by atoms with Gasteiger partial charge in [-0.15, -0.1) is 0 Å². The molecular formula is C25H23ClN2O4S. The molecule has 4 rings (SSSR count). The Morgan fingerprint density at radius 3 is 2.15 bits per heavy atom. The molecule has 0 bridgehead atoms. The Labute approximate surface area is 198 Å². The number of hydrogen-bond acceptors (Lipinski definition) is 4. The van der Waals surface area contributed by atoms with E-state index in [9.17, 15) is 18.0 Å². The van der Waals surface area contributed by atoms with Gasteiger partial charge in [-0.2, -0.15) is 4.31 Å². The second-order valence-corrected chi connectivity index (χ2v) is 10.2. The van der Waals surface area contributed by atoms with E-state index >= 15 is 0 Å². The highest BCUT2D eigenvalue weighted by molar-refractivity contribution is 7.89. The number of nitrogens with zero attached hydrogens (tertiary/aromatic N) is 1. The minimum atomic E-state index is -3.57. The van der Waals surface area contributed by atoms with Crippen LogP contribution in [0.5, 0.6) is 0 Å². The first-order chi connectivity index (χ1) is 15.9. The molecule has 3 aromatic rings. The molecule has 0 saturated carbocycles. The molecule has 1 aliphatic heterocycles. The van der Waals surface area contributed by atoms with Crippen LogP contribution in [0.25, 0.3) is 0 Å². The number of rotatable bonds is 6. The van der Waals surface area contributed by atoms with Crippen molar-refractivity contribution in [2.45, 2.75) is 24.2 Å². The van der Waals surface area contributed by atoms with Crippen LogP contribution < -0.4 is 5.32 Å². The van der Waals surface area contributed by atoms with Crippen LogP contribution in [0.4, 0.5) is 5.69 Å². The van der Waals surface area contributed by atoms with Crippen molar-refractivity contribution >= 4 is 39.0 Å². The number of halogens is 1. The Balaban J connectivity index is 1.55. The summed E-state index contributed by atoms with van der Waals surface area (Å²) in [7, 11) is -3.57. The molecule has 8 heteroatoms. The van der Waals surface area contributed by atoms with E-state index in [2.05, 4.69) is 5.32 Å². The van der Waals surface area contributed by atoms with Crippen molar-refractivity contribution in [3.05, 3.63) is 94.5 Å². The van der Waals surface area contributed by atoms with E-state index in [1.807, 2.05) is 6.07 Å². The highest BCUT2D eigenvalue weighted by Crippen LogP contribution is 2.25. The van der Waals surface area contributed by atoms with Crippen molar-refractivity contribution in [1.82, 2.24) is 4.31 Å². The molecule has 1 saturated heterocycles. The first-order valence-corrected chi connectivity index (χ1v) is 12.5. The second-order valence-electron chi connectivity index (χ2n) is 7.83. The zero-order valence-electron chi connectivity index (χ0n) is 17.8. The van der Waals surface area contributed by atoms with Crippen molar-refractivity contribution in [2.75, 3.05) is 18.4 Å². The Kier molecular flexibility index (Phi) is 6.93. The van der Waals surface area contributed by atoms with Gasteiger partial charge in [0.05, 0.1) is 10.6 Å². The summed E-state index contributed by atoms with van der Waals surface area (Å²) in [6.07, 6.45) is 2.74. The highest BCUT2D eigenvalue weighted by atomic mass is 35.5. The van der Waals surface area contributed by atoms with E-state index in [1.54, 1.807) is 36.4 Å². The molecule has 1 heterocycles. The van der Waals surface area contributed by atoms with Crippen molar-refractivity contribution in [3.63, 3.8) is 0 Å². The second kappa shape index (κ2) is 9.87. The summed E-state index contributed by atoms with van der Waals surface area (Å²) < 4.78 is 27.1. The predicted octanol–water partition coefficient (Wildman–Crippen LogP) is 5.00. The lowest BCUT2D eigenvalue weighted by Gasteiger charge is -2.25. The van der Waals surface area contributed by atoms with E-state index in [-0.39, 0.29) is 21.8 Å². The summed E-state index contributed by atoms with van der Waals surface area (Å²) in [4.78, 5) is 26.0. The van der Waals surface area contributed by atoms with E-state index in [0.29, 0.717) is 29.4 Å². The van der Waals surface area contributed by atoms with E-state index < -0.39 is 15.9 Å². The quantitative estimate of drug-likeness (QED) is 0.501. The Hall–Kier alpha value is -3.00. The monoisotopic (exact) mass is 482 g/mol. The van der Waals surface area contributed by atoms with Gasteiger partial charge in [-0.1, -0.05) is 48.4 Å². The number of carbonyl (C=O) groups excluding carboxylic acids is 2. The number of anilines is 1. The van der Waals surface area contributed by atoms with Crippen molar-refractivity contribution in [2.24, 2.45) is 0 Å². The Bertz CT molecular complexity index is 1270. The van der Waals surface area contributed by atoms with Gasteiger partial charge in [0, 0.05) is 34.8 Å². The largest absolute Gasteiger partial charge is 0.321 e. The van der Waals surface area contributed by atoms with Gasteiger partial charge < -0.3 is 5.32 Å². The number of piperidine rings is 1. The zero-order valence-corrected chi connectivity index (χ0v) is 19.4. The van der Waals surface area contributed by atoms with Crippen LogP contribution in [-0.4, -0.2) is 37.5 Å². The molecule has 0 aliphatic carbocycles. The fraction of sp³-hybridized carbons (Fsp3) is 0.200. The molecule has 170 valence electrons. The molecule has 33 heavy (non-hydrogen) atoms. The van der Waals surface area contributed by atoms with Gasteiger partial charge in [-0.05, 0) is 55.3 Å². The molecule has 6 nitrogen and oxygen atoms in total. The van der Waals surface area contributed by atoms with Crippen LogP contribution in [-0.2, 0) is 10.0 Å². The van der Waals surface area contributed by atoms with Gasteiger partial charge in [0.1, 0.15) is 0 Å². The van der Waals surface area contributed by atoms with Gasteiger partial charge in [0.25, 0.3) is 5.91 Å². The standard InChI is InChI=1S/C25H23ClN2O4S/c26-20-11-14-23(22(17-20)24(29)18-7-3-1-4-8-18)27-25(30)19-9-12-21(13-10-19)33(31,32)28-15-5-2-6-16-28/h1,3-4,7-14,17H,2,5-6,15-16H2,(H,27,30). The molecule has 0 atom stereocenters. The smallest absolute Gasteiger partial charge is 0.255 e. The molecule has 1 aliphatic rings. The molecule has 0 radical (unpaired) electrons. The van der Waals surface area contributed by atoms with Gasteiger partial charge >= 0.3 is 0 Å². The number of sulfonamides is 1. The minimum absolute atomic E-state index is 0.160. The zero-order chi connectivity index (χ0) is 23.4. The molecule has 3 aromatic carbocycles.